The zero-order chi connectivity index (χ0) is 19.3. The smallest absolute Gasteiger partial charge is 0.00266 e. The van der Waals surface area contributed by atoms with Gasteiger partial charge < -0.3 is 0 Å². The van der Waals surface area contributed by atoms with E-state index in [2.05, 4.69) is 71.9 Å². The van der Waals surface area contributed by atoms with Crippen LogP contribution in [0.3, 0.4) is 0 Å². The molecule has 0 amide bonds. The third-order valence-corrected chi connectivity index (χ3v) is 7.45. The molecule has 1 unspecified atom stereocenters. The average molecular weight is 361 g/mol. The lowest BCUT2D eigenvalue weighted by molar-refractivity contribution is 0.331. The van der Waals surface area contributed by atoms with E-state index in [9.17, 15) is 0 Å². The number of allylic oxidation sites excluding steroid dienone is 12. The standard InChI is InChI=1S/C27H36/c1-17(2)19-8-7-9-21(14-19)22-11-13-24-23-12-10-20(18(3)4)15-25(23)27(5,6)26(24)16-22/h8,11,13-15,17-18,26H,7,9-10,12,16H2,1-6H3. The van der Waals surface area contributed by atoms with Crippen LogP contribution in [0.5, 0.6) is 0 Å². The fourth-order valence-corrected chi connectivity index (χ4v) is 5.55. The molecular formula is C27H36. The fraction of sp³-hybridized carbons (Fsp3) is 0.556. The van der Waals surface area contributed by atoms with E-state index < -0.39 is 0 Å². The molecule has 0 spiro atoms. The van der Waals surface area contributed by atoms with Gasteiger partial charge in [0.05, 0.1) is 0 Å². The molecule has 4 aliphatic rings. The minimum Gasteiger partial charge on any atom is -0.0807 e. The van der Waals surface area contributed by atoms with Gasteiger partial charge in [-0.15, -0.1) is 0 Å². The molecule has 27 heavy (non-hydrogen) atoms. The SMILES string of the molecule is CC(C)C1=CCCC(C2=CC=C3C4=C(C=C(C(C)C)CC4)C(C)(C)C3C2)=C1. The van der Waals surface area contributed by atoms with Crippen LogP contribution in [0.1, 0.15) is 73.6 Å². The molecule has 0 nitrogen and oxygen atoms in total. The molecule has 0 radical (unpaired) electrons. The lowest BCUT2D eigenvalue weighted by Gasteiger charge is -2.34. The first-order valence-electron chi connectivity index (χ1n) is 11.0. The molecule has 0 N–H and O–H groups in total. The Hall–Kier alpha value is -1.56. The van der Waals surface area contributed by atoms with Crippen LogP contribution >= 0.6 is 0 Å². The highest BCUT2D eigenvalue weighted by molar-refractivity contribution is 5.59. The summed E-state index contributed by atoms with van der Waals surface area (Å²) >= 11 is 0. The lowest BCUT2D eigenvalue weighted by atomic mass is 9.70. The van der Waals surface area contributed by atoms with Crippen molar-refractivity contribution >= 4 is 0 Å². The second kappa shape index (κ2) is 6.80. The van der Waals surface area contributed by atoms with Crippen molar-refractivity contribution in [2.75, 3.05) is 0 Å². The monoisotopic (exact) mass is 360 g/mol. The molecule has 0 aromatic rings. The van der Waals surface area contributed by atoms with Crippen molar-refractivity contribution in [3.05, 3.63) is 69.4 Å². The Morgan fingerprint density at radius 3 is 2.37 bits per heavy atom. The van der Waals surface area contributed by atoms with Gasteiger partial charge in [0.2, 0.25) is 0 Å². The summed E-state index contributed by atoms with van der Waals surface area (Å²) < 4.78 is 0. The molecule has 0 aromatic heterocycles. The number of rotatable bonds is 3. The van der Waals surface area contributed by atoms with Crippen LogP contribution in [-0.2, 0) is 0 Å². The topological polar surface area (TPSA) is 0 Å². The summed E-state index contributed by atoms with van der Waals surface area (Å²) in [5.41, 5.74) is 11.6. The van der Waals surface area contributed by atoms with Gasteiger partial charge in [0.25, 0.3) is 0 Å². The van der Waals surface area contributed by atoms with Gasteiger partial charge in [-0.25, -0.2) is 0 Å². The molecule has 0 aromatic carbocycles. The van der Waals surface area contributed by atoms with Gasteiger partial charge in [-0.3, -0.25) is 0 Å². The molecule has 4 aliphatic carbocycles. The quantitative estimate of drug-likeness (QED) is 0.480. The van der Waals surface area contributed by atoms with E-state index in [1.54, 1.807) is 33.4 Å². The van der Waals surface area contributed by atoms with Gasteiger partial charge in [-0.1, -0.05) is 77.5 Å². The molecular weight excluding hydrogens is 324 g/mol. The minimum absolute atomic E-state index is 0.257. The predicted molar refractivity (Wildman–Crippen MR) is 117 cm³/mol. The second-order valence-corrected chi connectivity index (χ2v) is 10.1. The number of hydrogen-bond donors (Lipinski definition) is 0. The van der Waals surface area contributed by atoms with Crippen LogP contribution in [0.2, 0.25) is 0 Å². The third-order valence-electron chi connectivity index (χ3n) is 7.45. The van der Waals surface area contributed by atoms with Crippen molar-refractivity contribution < 1.29 is 0 Å². The van der Waals surface area contributed by atoms with Crippen LogP contribution in [0.15, 0.2) is 69.4 Å². The third kappa shape index (κ3) is 3.16. The number of fused-ring (bicyclic) bond motifs is 2. The van der Waals surface area contributed by atoms with Gasteiger partial charge >= 0.3 is 0 Å². The first kappa shape index (κ1) is 18.8. The Morgan fingerprint density at radius 2 is 1.67 bits per heavy atom. The van der Waals surface area contributed by atoms with Gasteiger partial charge in [0, 0.05) is 0 Å². The molecule has 0 saturated heterocycles. The Morgan fingerprint density at radius 1 is 0.889 bits per heavy atom. The van der Waals surface area contributed by atoms with Crippen LogP contribution in [0, 0.1) is 23.2 Å². The highest BCUT2D eigenvalue weighted by atomic mass is 14.5. The maximum absolute atomic E-state index is 2.57. The zero-order valence-corrected chi connectivity index (χ0v) is 18.2. The predicted octanol–water partition coefficient (Wildman–Crippen LogP) is 7.87. The Balaban J connectivity index is 1.68. The summed E-state index contributed by atoms with van der Waals surface area (Å²) in [6.45, 7) is 14.3. The van der Waals surface area contributed by atoms with Crippen molar-refractivity contribution in [1.29, 1.82) is 0 Å². The maximum atomic E-state index is 2.57. The number of hydrogen-bond acceptors (Lipinski definition) is 0. The summed E-state index contributed by atoms with van der Waals surface area (Å²) in [7, 11) is 0. The van der Waals surface area contributed by atoms with E-state index in [0.717, 1.165) is 0 Å². The average Bonchev–Trinajstić information content (AvgIpc) is 2.88. The van der Waals surface area contributed by atoms with Crippen molar-refractivity contribution in [1.82, 2.24) is 0 Å². The van der Waals surface area contributed by atoms with Crippen LogP contribution < -0.4 is 0 Å². The van der Waals surface area contributed by atoms with Gasteiger partial charge in [0.15, 0.2) is 0 Å². The zero-order valence-electron chi connectivity index (χ0n) is 18.2. The highest BCUT2D eigenvalue weighted by Gasteiger charge is 2.45. The summed E-state index contributed by atoms with van der Waals surface area (Å²) in [4.78, 5) is 0. The van der Waals surface area contributed by atoms with Crippen molar-refractivity contribution in [2.45, 2.75) is 73.6 Å². The summed E-state index contributed by atoms with van der Waals surface area (Å²) in [5, 5.41) is 0. The van der Waals surface area contributed by atoms with Gasteiger partial charge in [0.1, 0.15) is 0 Å². The molecule has 0 aliphatic heterocycles. The fourth-order valence-electron chi connectivity index (χ4n) is 5.55. The van der Waals surface area contributed by atoms with E-state index >= 15 is 0 Å². The summed E-state index contributed by atoms with van der Waals surface area (Å²) in [5.74, 6) is 1.96. The molecule has 1 atom stereocenters. The molecule has 0 saturated carbocycles. The molecule has 0 heteroatoms. The Kier molecular flexibility index (Phi) is 4.73. The van der Waals surface area contributed by atoms with Crippen LogP contribution in [0.4, 0.5) is 0 Å². The van der Waals surface area contributed by atoms with E-state index in [4.69, 9.17) is 0 Å². The second-order valence-electron chi connectivity index (χ2n) is 10.1. The van der Waals surface area contributed by atoms with E-state index in [-0.39, 0.29) is 5.41 Å². The van der Waals surface area contributed by atoms with E-state index in [0.29, 0.717) is 17.8 Å². The van der Waals surface area contributed by atoms with Crippen molar-refractivity contribution in [3.63, 3.8) is 0 Å². The molecule has 0 heterocycles. The Labute approximate surface area is 166 Å². The Bertz CT molecular complexity index is 827. The van der Waals surface area contributed by atoms with Gasteiger partial charge in [-0.05, 0) is 88.7 Å². The van der Waals surface area contributed by atoms with Crippen molar-refractivity contribution in [3.8, 4) is 0 Å². The lowest BCUT2D eigenvalue weighted by Crippen LogP contribution is -2.24. The molecule has 144 valence electrons. The summed E-state index contributed by atoms with van der Waals surface area (Å²) in [6.07, 6.45) is 18.6. The summed E-state index contributed by atoms with van der Waals surface area (Å²) in [6, 6.07) is 0. The first-order chi connectivity index (χ1) is 12.8. The normalized spacial score (nSPS) is 27.0. The maximum Gasteiger partial charge on any atom is -0.00266 e. The molecule has 4 rings (SSSR count). The largest absolute Gasteiger partial charge is 0.0807 e. The van der Waals surface area contributed by atoms with E-state index in [1.807, 2.05) is 0 Å². The van der Waals surface area contributed by atoms with Crippen LogP contribution in [0.25, 0.3) is 0 Å². The highest BCUT2D eigenvalue weighted by Crippen LogP contribution is 2.58. The molecule has 0 bridgehead atoms. The van der Waals surface area contributed by atoms with Gasteiger partial charge in [-0.2, -0.15) is 0 Å². The van der Waals surface area contributed by atoms with Crippen LogP contribution in [-0.4, -0.2) is 0 Å². The molecule has 0 fully saturated rings. The van der Waals surface area contributed by atoms with E-state index in [1.165, 1.54) is 37.7 Å². The first-order valence-corrected chi connectivity index (χ1v) is 11.0. The minimum atomic E-state index is 0.257. The van der Waals surface area contributed by atoms with Crippen molar-refractivity contribution in [2.24, 2.45) is 23.2 Å².